The molecular formula is C51H32N2O. The number of nitrogens with zero attached hydrogens (tertiary/aromatic N) is 2. The Hall–Kier alpha value is -7.10. The highest BCUT2D eigenvalue weighted by atomic mass is 16.5. The van der Waals surface area contributed by atoms with E-state index >= 15 is 0 Å². The molecule has 1 aliphatic carbocycles. The van der Waals surface area contributed by atoms with Crippen molar-refractivity contribution in [3.05, 3.63) is 216 Å². The normalized spacial score (nSPS) is 13.1. The Balaban J connectivity index is 1.20. The Kier molecular flexibility index (Phi) is 6.77. The minimum absolute atomic E-state index is 0.561. The third-order valence-electron chi connectivity index (χ3n) is 11.2. The molecule has 9 aromatic rings. The van der Waals surface area contributed by atoms with Crippen LogP contribution in [-0.4, -0.2) is 9.97 Å². The van der Waals surface area contributed by atoms with Crippen LogP contribution in [0.3, 0.4) is 0 Å². The number of aromatic nitrogens is 2. The molecule has 0 bridgehead atoms. The molecular weight excluding hydrogens is 657 g/mol. The van der Waals surface area contributed by atoms with E-state index in [0.29, 0.717) is 5.82 Å². The van der Waals surface area contributed by atoms with Crippen LogP contribution in [0.2, 0.25) is 0 Å². The molecule has 3 nitrogen and oxygen atoms in total. The first-order valence-electron chi connectivity index (χ1n) is 18.4. The Morgan fingerprint density at radius 1 is 0.370 bits per heavy atom. The van der Waals surface area contributed by atoms with Crippen molar-refractivity contribution in [3.63, 3.8) is 0 Å². The largest absolute Gasteiger partial charge is 0.457 e. The predicted octanol–water partition coefficient (Wildman–Crippen LogP) is 12.8. The van der Waals surface area contributed by atoms with Gasteiger partial charge in [0, 0.05) is 27.8 Å². The van der Waals surface area contributed by atoms with Gasteiger partial charge < -0.3 is 4.74 Å². The van der Waals surface area contributed by atoms with Gasteiger partial charge >= 0.3 is 0 Å². The summed E-state index contributed by atoms with van der Waals surface area (Å²) >= 11 is 0. The lowest BCUT2D eigenvalue weighted by molar-refractivity contribution is 0.436. The second kappa shape index (κ2) is 12.0. The van der Waals surface area contributed by atoms with Gasteiger partial charge in [0.25, 0.3) is 0 Å². The number of para-hydroxylation sites is 1. The van der Waals surface area contributed by atoms with Crippen molar-refractivity contribution in [1.29, 1.82) is 0 Å². The van der Waals surface area contributed by atoms with E-state index in [-0.39, 0.29) is 0 Å². The molecule has 1 aliphatic heterocycles. The zero-order chi connectivity index (χ0) is 35.6. The molecule has 0 unspecified atom stereocenters. The fourth-order valence-electron chi connectivity index (χ4n) is 8.85. The van der Waals surface area contributed by atoms with Gasteiger partial charge in [0.2, 0.25) is 0 Å². The first-order valence-corrected chi connectivity index (χ1v) is 18.4. The van der Waals surface area contributed by atoms with Crippen molar-refractivity contribution in [2.75, 3.05) is 0 Å². The van der Waals surface area contributed by atoms with Crippen molar-refractivity contribution in [1.82, 2.24) is 9.97 Å². The molecule has 2 aliphatic rings. The third kappa shape index (κ3) is 4.49. The van der Waals surface area contributed by atoms with Crippen LogP contribution in [0, 0.1) is 0 Å². The standard InChI is InChI=1S/C51H32N2O/c1-3-16-34(17-4-1)45-32-46(35-18-5-2-6-19-35)53-50(52-45)49-37-20-8-7-15-33(37)27-29-38(49)36-28-30-48-44(31-36)51(43-25-13-14-26-47(43)54-48)41-23-11-9-21-39(41)40-22-10-12-24-42(40)51/h1-32H. The highest BCUT2D eigenvalue weighted by molar-refractivity contribution is 6.03. The zero-order valence-corrected chi connectivity index (χ0v) is 29.3. The van der Waals surface area contributed by atoms with Gasteiger partial charge in [-0.3, -0.25) is 0 Å². The summed E-state index contributed by atoms with van der Waals surface area (Å²) < 4.78 is 6.77. The van der Waals surface area contributed by atoms with Gasteiger partial charge in [0.05, 0.1) is 16.8 Å². The monoisotopic (exact) mass is 688 g/mol. The van der Waals surface area contributed by atoms with Crippen LogP contribution in [0.5, 0.6) is 11.5 Å². The minimum Gasteiger partial charge on any atom is -0.457 e. The summed E-state index contributed by atoms with van der Waals surface area (Å²) in [5.41, 5.74) is 13.8. The van der Waals surface area contributed by atoms with Crippen LogP contribution < -0.4 is 4.74 Å². The molecule has 11 rings (SSSR count). The zero-order valence-electron chi connectivity index (χ0n) is 29.3. The van der Waals surface area contributed by atoms with Crippen LogP contribution in [0.15, 0.2) is 194 Å². The summed E-state index contributed by atoms with van der Waals surface area (Å²) in [5, 5.41) is 2.24. The molecule has 0 saturated carbocycles. The summed E-state index contributed by atoms with van der Waals surface area (Å²) in [7, 11) is 0. The Bertz CT molecular complexity index is 2810. The number of fused-ring (bicyclic) bond motifs is 10. The molecule has 1 spiro atoms. The van der Waals surface area contributed by atoms with Crippen LogP contribution in [0.1, 0.15) is 22.3 Å². The maximum Gasteiger partial charge on any atom is 0.161 e. The highest BCUT2D eigenvalue weighted by Crippen LogP contribution is 2.62. The van der Waals surface area contributed by atoms with Crippen LogP contribution in [0.25, 0.3) is 66.9 Å². The van der Waals surface area contributed by atoms with Gasteiger partial charge in [-0.25, -0.2) is 9.97 Å². The molecule has 2 heterocycles. The average molecular weight is 689 g/mol. The van der Waals surface area contributed by atoms with Crippen molar-refractivity contribution >= 4 is 10.8 Å². The van der Waals surface area contributed by atoms with E-state index in [4.69, 9.17) is 14.7 Å². The first kappa shape index (κ1) is 30.5. The van der Waals surface area contributed by atoms with E-state index in [9.17, 15) is 0 Å². The van der Waals surface area contributed by atoms with Crippen LogP contribution >= 0.6 is 0 Å². The number of hydrogen-bond acceptors (Lipinski definition) is 3. The number of benzene rings is 8. The van der Waals surface area contributed by atoms with E-state index in [2.05, 4.69) is 182 Å². The third-order valence-corrected chi connectivity index (χ3v) is 11.2. The molecule has 0 radical (unpaired) electrons. The Morgan fingerprint density at radius 2 is 0.926 bits per heavy atom. The molecule has 0 atom stereocenters. The van der Waals surface area contributed by atoms with E-state index in [1.165, 1.54) is 22.3 Å². The Labute approximate surface area is 313 Å². The number of ether oxygens (including phenoxy) is 1. The molecule has 0 amide bonds. The molecule has 0 saturated heterocycles. The molecule has 8 aromatic carbocycles. The first-order chi connectivity index (χ1) is 26.8. The summed E-state index contributed by atoms with van der Waals surface area (Å²) in [6, 6.07) is 68.8. The van der Waals surface area contributed by atoms with Gasteiger partial charge in [0.15, 0.2) is 5.82 Å². The van der Waals surface area contributed by atoms with Crippen molar-refractivity contribution in [3.8, 4) is 67.7 Å². The minimum atomic E-state index is -0.561. The second-order valence-electron chi connectivity index (χ2n) is 14.1. The topological polar surface area (TPSA) is 35.0 Å². The van der Waals surface area contributed by atoms with Gasteiger partial charge in [-0.15, -0.1) is 0 Å². The van der Waals surface area contributed by atoms with E-state index < -0.39 is 5.41 Å². The molecule has 1 aromatic heterocycles. The smallest absolute Gasteiger partial charge is 0.161 e. The molecule has 54 heavy (non-hydrogen) atoms. The van der Waals surface area contributed by atoms with Crippen LogP contribution in [-0.2, 0) is 5.41 Å². The number of rotatable bonds is 4. The molecule has 252 valence electrons. The van der Waals surface area contributed by atoms with Crippen molar-refractivity contribution in [2.45, 2.75) is 5.41 Å². The maximum atomic E-state index is 6.77. The summed E-state index contributed by atoms with van der Waals surface area (Å²) in [5.74, 6) is 2.43. The highest BCUT2D eigenvalue weighted by Gasteiger charge is 2.51. The SMILES string of the molecule is c1ccc(-c2cc(-c3ccccc3)nc(-c3c(-c4ccc5c(c4)C4(c6ccccc6O5)c5ccccc5-c5ccccc54)ccc4ccccc34)n2)cc1. The maximum absolute atomic E-state index is 6.77. The lowest BCUT2D eigenvalue weighted by Gasteiger charge is -2.39. The summed E-state index contributed by atoms with van der Waals surface area (Å²) in [6.45, 7) is 0. The molecule has 0 fully saturated rings. The van der Waals surface area contributed by atoms with Gasteiger partial charge in [-0.1, -0.05) is 170 Å². The van der Waals surface area contributed by atoms with Crippen molar-refractivity contribution < 1.29 is 4.74 Å². The van der Waals surface area contributed by atoms with Crippen LogP contribution in [0.4, 0.5) is 0 Å². The fraction of sp³-hybridized carbons (Fsp3) is 0.0196. The van der Waals surface area contributed by atoms with Gasteiger partial charge in [-0.2, -0.15) is 0 Å². The molecule has 3 heteroatoms. The van der Waals surface area contributed by atoms with Gasteiger partial charge in [0.1, 0.15) is 11.5 Å². The Morgan fingerprint density at radius 3 is 1.61 bits per heavy atom. The van der Waals surface area contributed by atoms with E-state index in [0.717, 1.165) is 72.6 Å². The van der Waals surface area contributed by atoms with E-state index in [1.54, 1.807) is 0 Å². The predicted molar refractivity (Wildman–Crippen MR) is 219 cm³/mol. The average Bonchev–Trinajstić information content (AvgIpc) is 3.54. The van der Waals surface area contributed by atoms with Gasteiger partial charge in [-0.05, 0) is 68.4 Å². The molecule has 0 N–H and O–H groups in total. The second-order valence-corrected chi connectivity index (χ2v) is 14.1. The summed E-state index contributed by atoms with van der Waals surface area (Å²) in [6.07, 6.45) is 0. The lowest BCUT2D eigenvalue weighted by atomic mass is 9.65. The fourth-order valence-corrected chi connectivity index (χ4v) is 8.85. The summed E-state index contributed by atoms with van der Waals surface area (Å²) in [4.78, 5) is 10.7. The number of hydrogen-bond donors (Lipinski definition) is 0. The van der Waals surface area contributed by atoms with E-state index in [1.807, 2.05) is 12.1 Å². The quantitative estimate of drug-likeness (QED) is 0.185. The van der Waals surface area contributed by atoms with Crippen molar-refractivity contribution in [2.24, 2.45) is 0 Å². The lowest BCUT2D eigenvalue weighted by Crippen LogP contribution is -2.32.